The highest BCUT2D eigenvalue weighted by Gasteiger charge is 2.38. The van der Waals surface area contributed by atoms with Crippen molar-refractivity contribution in [2.45, 2.75) is 24.8 Å². The fourth-order valence-corrected chi connectivity index (χ4v) is 3.95. The number of carbonyl (C=O) groups is 3. The summed E-state index contributed by atoms with van der Waals surface area (Å²) in [5.74, 6) is -1.76. The summed E-state index contributed by atoms with van der Waals surface area (Å²) in [5, 5.41) is 9.64. The van der Waals surface area contributed by atoms with Gasteiger partial charge in [0, 0.05) is 12.5 Å². The summed E-state index contributed by atoms with van der Waals surface area (Å²) in [7, 11) is 1.06. The van der Waals surface area contributed by atoms with Gasteiger partial charge in [-0.25, -0.2) is 14.4 Å². The van der Waals surface area contributed by atoms with Gasteiger partial charge in [-0.05, 0) is 35.1 Å². The van der Waals surface area contributed by atoms with Gasteiger partial charge in [0.15, 0.2) is 5.96 Å². The third-order valence-corrected chi connectivity index (χ3v) is 5.43. The molecule has 174 valence electrons. The van der Waals surface area contributed by atoms with Gasteiger partial charge in [0.1, 0.15) is 12.6 Å². The Hall–Kier alpha value is -4.08. The van der Waals surface area contributed by atoms with E-state index in [1.54, 1.807) is 0 Å². The lowest BCUT2D eigenvalue weighted by Gasteiger charge is -2.26. The van der Waals surface area contributed by atoms with Crippen LogP contribution in [-0.2, 0) is 14.3 Å². The number of carboxylic acid groups (broad SMARTS) is 1. The number of carbonyl (C=O) groups excluding carboxylic acids is 2. The van der Waals surface area contributed by atoms with Crippen molar-refractivity contribution in [1.29, 1.82) is 0 Å². The van der Waals surface area contributed by atoms with Crippen molar-refractivity contribution in [3.8, 4) is 11.1 Å². The standard InChI is InChI=1S/C23H26N4O6/c1-32-22(30)27(19(20(28)29)11-6-12-26-21(24)25)23(31)33-13-18-16-9-4-2-7-14(16)15-8-3-5-10-17(15)18/h2-5,7-10,18-19H,6,11-13H2,1H3,(H,28,29)(H4,24,25,26)/t19-/m0/s1. The van der Waals surface area contributed by atoms with E-state index in [4.69, 9.17) is 16.2 Å². The second kappa shape index (κ2) is 10.5. The molecule has 2 aromatic rings. The van der Waals surface area contributed by atoms with Crippen molar-refractivity contribution < 1.29 is 29.0 Å². The first-order valence-corrected chi connectivity index (χ1v) is 10.4. The van der Waals surface area contributed by atoms with Crippen molar-refractivity contribution >= 4 is 24.1 Å². The fraction of sp³-hybridized carbons (Fsp3) is 0.304. The van der Waals surface area contributed by atoms with Crippen LogP contribution in [0, 0.1) is 0 Å². The van der Waals surface area contributed by atoms with Crippen LogP contribution >= 0.6 is 0 Å². The van der Waals surface area contributed by atoms with E-state index in [1.807, 2.05) is 48.5 Å². The van der Waals surface area contributed by atoms with Crippen LogP contribution in [0.15, 0.2) is 53.5 Å². The molecule has 10 nitrogen and oxygen atoms in total. The SMILES string of the molecule is COC(=O)N(C(=O)OCC1c2ccccc2-c2ccccc21)[C@@H](CCCN=C(N)N)C(=O)O. The molecule has 0 unspecified atom stereocenters. The van der Waals surface area contributed by atoms with Crippen LogP contribution < -0.4 is 11.5 Å². The molecular formula is C23H26N4O6. The Balaban J connectivity index is 1.77. The highest BCUT2D eigenvalue weighted by molar-refractivity contribution is 5.93. The number of nitrogens with zero attached hydrogens (tertiary/aromatic N) is 2. The lowest BCUT2D eigenvalue weighted by molar-refractivity contribution is -0.142. The minimum absolute atomic E-state index is 0.0688. The molecule has 2 aromatic carbocycles. The predicted octanol–water partition coefficient (Wildman–Crippen LogP) is 2.51. The molecule has 0 bridgehead atoms. The third kappa shape index (κ3) is 5.22. The molecule has 2 amide bonds. The van der Waals surface area contributed by atoms with Gasteiger partial charge in [0.2, 0.25) is 0 Å². The second-order valence-electron chi connectivity index (χ2n) is 7.45. The zero-order valence-electron chi connectivity index (χ0n) is 18.1. The number of aliphatic carboxylic acids is 1. The molecule has 0 fully saturated rings. The first-order valence-electron chi connectivity index (χ1n) is 10.4. The number of nitrogens with two attached hydrogens (primary N) is 2. The number of hydrogen-bond donors (Lipinski definition) is 3. The average Bonchev–Trinajstić information content (AvgIpc) is 3.12. The quantitative estimate of drug-likeness (QED) is 0.312. The number of fused-ring (bicyclic) bond motifs is 3. The molecule has 3 rings (SSSR count). The van der Waals surface area contributed by atoms with Gasteiger partial charge in [-0.2, -0.15) is 4.90 Å². The Morgan fingerprint density at radius 3 is 2.12 bits per heavy atom. The predicted molar refractivity (Wildman–Crippen MR) is 121 cm³/mol. The first-order chi connectivity index (χ1) is 15.8. The van der Waals surface area contributed by atoms with E-state index in [0.717, 1.165) is 29.4 Å². The monoisotopic (exact) mass is 454 g/mol. The zero-order chi connectivity index (χ0) is 24.0. The topological polar surface area (TPSA) is 158 Å². The number of amides is 2. The van der Waals surface area contributed by atoms with Gasteiger partial charge in [0.05, 0.1) is 7.11 Å². The Bertz CT molecular complexity index is 1020. The maximum Gasteiger partial charge on any atom is 0.420 e. The normalized spacial score (nSPS) is 12.8. The van der Waals surface area contributed by atoms with Crippen molar-refractivity contribution in [3.05, 3.63) is 59.7 Å². The molecule has 1 atom stereocenters. The minimum Gasteiger partial charge on any atom is -0.480 e. The maximum absolute atomic E-state index is 12.9. The van der Waals surface area contributed by atoms with Gasteiger partial charge in [-0.15, -0.1) is 0 Å². The molecule has 1 aliphatic rings. The number of methoxy groups -OCH3 is 1. The Kier molecular flexibility index (Phi) is 7.50. The molecule has 0 aromatic heterocycles. The van der Waals surface area contributed by atoms with Crippen molar-refractivity contribution in [2.24, 2.45) is 16.5 Å². The van der Waals surface area contributed by atoms with Gasteiger partial charge >= 0.3 is 18.2 Å². The molecule has 0 radical (unpaired) electrons. The number of aliphatic imine (C=N–C) groups is 1. The highest BCUT2D eigenvalue weighted by Crippen LogP contribution is 2.44. The minimum atomic E-state index is -1.50. The van der Waals surface area contributed by atoms with Gasteiger partial charge in [0.25, 0.3) is 0 Å². The van der Waals surface area contributed by atoms with Crippen molar-refractivity contribution in [1.82, 2.24) is 4.90 Å². The van der Waals surface area contributed by atoms with E-state index < -0.39 is 24.2 Å². The van der Waals surface area contributed by atoms with Gasteiger partial charge in [-0.1, -0.05) is 48.5 Å². The number of imide groups is 1. The molecular weight excluding hydrogens is 428 g/mol. The Labute approximate surface area is 190 Å². The van der Waals surface area contributed by atoms with E-state index in [0.29, 0.717) is 4.90 Å². The molecule has 10 heteroatoms. The Morgan fingerprint density at radius 2 is 1.61 bits per heavy atom. The summed E-state index contributed by atoms with van der Waals surface area (Å²) in [5.41, 5.74) is 14.6. The van der Waals surface area contributed by atoms with E-state index in [1.165, 1.54) is 0 Å². The van der Waals surface area contributed by atoms with Crippen molar-refractivity contribution in [3.63, 3.8) is 0 Å². The number of guanidine groups is 1. The number of carboxylic acids is 1. The Morgan fingerprint density at radius 1 is 1.03 bits per heavy atom. The molecule has 0 saturated carbocycles. The second-order valence-corrected chi connectivity index (χ2v) is 7.45. The largest absolute Gasteiger partial charge is 0.480 e. The van der Waals surface area contributed by atoms with Crippen LogP contribution in [-0.4, -0.2) is 60.4 Å². The summed E-state index contributed by atoms with van der Waals surface area (Å²) in [4.78, 5) is 41.3. The molecule has 5 N–H and O–H groups in total. The maximum atomic E-state index is 12.9. The number of hydrogen-bond acceptors (Lipinski definition) is 6. The summed E-state index contributed by atoms with van der Waals surface area (Å²) in [6.45, 7) is 0.0759. The van der Waals surface area contributed by atoms with Crippen LogP contribution in [0.3, 0.4) is 0 Å². The molecule has 1 aliphatic carbocycles. The summed E-state index contributed by atoms with van der Waals surface area (Å²) < 4.78 is 10.1. The van der Waals surface area contributed by atoms with Gasteiger partial charge < -0.3 is 26.0 Å². The van der Waals surface area contributed by atoms with Crippen LogP contribution in [0.2, 0.25) is 0 Å². The highest BCUT2D eigenvalue weighted by atomic mass is 16.6. The fourth-order valence-electron chi connectivity index (χ4n) is 3.95. The van der Waals surface area contributed by atoms with E-state index in [9.17, 15) is 19.5 Å². The zero-order valence-corrected chi connectivity index (χ0v) is 18.1. The summed E-state index contributed by atoms with van der Waals surface area (Å²) >= 11 is 0. The number of benzene rings is 2. The lowest BCUT2D eigenvalue weighted by Crippen LogP contribution is -2.49. The van der Waals surface area contributed by atoms with E-state index in [-0.39, 0.29) is 37.9 Å². The molecule has 0 heterocycles. The average molecular weight is 454 g/mol. The number of ether oxygens (including phenoxy) is 2. The van der Waals surface area contributed by atoms with Gasteiger partial charge in [-0.3, -0.25) is 4.99 Å². The molecule has 33 heavy (non-hydrogen) atoms. The summed E-state index contributed by atoms with van der Waals surface area (Å²) in [6, 6.07) is 14.1. The molecule has 0 aliphatic heterocycles. The van der Waals surface area contributed by atoms with Crippen molar-refractivity contribution in [2.75, 3.05) is 20.3 Å². The number of rotatable bonds is 8. The lowest BCUT2D eigenvalue weighted by atomic mass is 9.98. The molecule has 0 spiro atoms. The smallest absolute Gasteiger partial charge is 0.420 e. The van der Waals surface area contributed by atoms with E-state index >= 15 is 0 Å². The van der Waals surface area contributed by atoms with Crippen LogP contribution in [0.25, 0.3) is 11.1 Å². The van der Waals surface area contributed by atoms with Crippen LogP contribution in [0.4, 0.5) is 9.59 Å². The van der Waals surface area contributed by atoms with Crippen LogP contribution in [0.5, 0.6) is 0 Å². The summed E-state index contributed by atoms with van der Waals surface area (Å²) in [6.07, 6.45) is -2.08. The van der Waals surface area contributed by atoms with Crippen LogP contribution in [0.1, 0.15) is 29.9 Å². The third-order valence-electron chi connectivity index (χ3n) is 5.43. The van der Waals surface area contributed by atoms with E-state index in [2.05, 4.69) is 9.73 Å². The first kappa shape index (κ1) is 23.6. The molecule has 0 saturated heterocycles.